The summed E-state index contributed by atoms with van der Waals surface area (Å²) in [7, 11) is 0. The van der Waals surface area contributed by atoms with E-state index in [0.717, 1.165) is 11.1 Å². The first-order valence-corrected chi connectivity index (χ1v) is 9.55. The number of alkyl halides is 3. The maximum Gasteiger partial charge on any atom is 0.573 e. The maximum atomic E-state index is 14.0. The second-order valence-corrected chi connectivity index (χ2v) is 7.25. The molecule has 30 heavy (non-hydrogen) atoms. The summed E-state index contributed by atoms with van der Waals surface area (Å²) in [5, 5.41) is 0. The number of rotatable bonds is 4. The molecule has 0 amide bonds. The van der Waals surface area contributed by atoms with Crippen molar-refractivity contribution in [1.29, 1.82) is 0 Å². The first kappa shape index (κ1) is 20.3. The number of benzene rings is 2. The fourth-order valence-corrected chi connectivity index (χ4v) is 3.82. The summed E-state index contributed by atoms with van der Waals surface area (Å²) in [5.41, 5.74) is 2.26. The van der Waals surface area contributed by atoms with Gasteiger partial charge in [0.1, 0.15) is 17.4 Å². The summed E-state index contributed by atoms with van der Waals surface area (Å²) < 4.78 is 68.8. The number of aliphatic imine (C=N–C) groups is 1. The molecule has 156 valence electrons. The van der Waals surface area contributed by atoms with Crippen LogP contribution in [0.2, 0.25) is 0 Å². The lowest BCUT2D eigenvalue weighted by Gasteiger charge is -2.18. The Balaban J connectivity index is 1.45. The standard InChI is InChI=1S/C23H18F5NO/c24-18-2-1-3-19(25)22(18)21-13-12-20(29-21)16-6-4-14(5-7-16)15-8-10-17(11-9-15)30-23(26,27)28/h1-8,10-11,15,20H,9,12-13H2/t15?,20-/m1/s1. The van der Waals surface area contributed by atoms with Crippen LogP contribution in [-0.2, 0) is 4.74 Å². The van der Waals surface area contributed by atoms with Gasteiger partial charge in [0, 0.05) is 11.6 Å². The van der Waals surface area contributed by atoms with Crippen LogP contribution < -0.4 is 0 Å². The molecule has 7 heteroatoms. The van der Waals surface area contributed by atoms with Crippen molar-refractivity contribution in [2.45, 2.75) is 37.6 Å². The molecule has 0 N–H and O–H groups in total. The van der Waals surface area contributed by atoms with Gasteiger partial charge in [0.05, 0.1) is 11.6 Å². The van der Waals surface area contributed by atoms with Crippen molar-refractivity contribution >= 4 is 5.71 Å². The zero-order valence-corrected chi connectivity index (χ0v) is 15.8. The van der Waals surface area contributed by atoms with Crippen molar-refractivity contribution in [2.24, 2.45) is 4.99 Å². The van der Waals surface area contributed by atoms with E-state index < -0.39 is 18.0 Å². The molecule has 2 aliphatic rings. The molecule has 0 saturated heterocycles. The largest absolute Gasteiger partial charge is 0.573 e. The predicted octanol–water partition coefficient (Wildman–Crippen LogP) is 6.75. The Morgan fingerprint density at radius 2 is 1.60 bits per heavy atom. The Kier molecular flexibility index (Phi) is 5.45. The SMILES string of the molecule is Fc1cccc(F)c1C1=N[C@@H](c2ccc(C3C=CC(OC(F)(F)F)=CC3)cc2)CC1. The first-order chi connectivity index (χ1) is 14.3. The van der Waals surface area contributed by atoms with Gasteiger partial charge in [-0.1, -0.05) is 36.4 Å². The Morgan fingerprint density at radius 1 is 0.933 bits per heavy atom. The molecule has 0 bridgehead atoms. The van der Waals surface area contributed by atoms with Crippen LogP contribution in [0.1, 0.15) is 47.9 Å². The van der Waals surface area contributed by atoms with Crippen LogP contribution >= 0.6 is 0 Å². The van der Waals surface area contributed by atoms with Gasteiger partial charge in [-0.25, -0.2) is 8.78 Å². The minimum absolute atomic E-state index is 0.0465. The Labute approximate surface area is 170 Å². The number of ether oxygens (including phenoxy) is 1. The van der Waals surface area contributed by atoms with Gasteiger partial charge in [0.15, 0.2) is 0 Å². The number of hydrogen-bond donors (Lipinski definition) is 0. The topological polar surface area (TPSA) is 21.6 Å². The molecule has 1 aliphatic heterocycles. The fraction of sp³-hybridized carbons (Fsp3) is 0.261. The van der Waals surface area contributed by atoms with E-state index in [1.54, 1.807) is 6.08 Å². The summed E-state index contributed by atoms with van der Waals surface area (Å²) in [4.78, 5) is 4.53. The molecule has 0 radical (unpaired) electrons. The normalized spacial score (nSPS) is 21.4. The quantitative estimate of drug-likeness (QED) is 0.502. The van der Waals surface area contributed by atoms with E-state index in [1.165, 1.54) is 30.4 Å². The lowest BCUT2D eigenvalue weighted by atomic mass is 9.90. The van der Waals surface area contributed by atoms with Gasteiger partial charge >= 0.3 is 6.36 Å². The minimum atomic E-state index is -4.70. The molecular weight excluding hydrogens is 401 g/mol. The summed E-state index contributed by atoms with van der Waals surface area (Å²) in [6.45, 7) is 0. The van der Waals surface area contributed by atoms with Gasteiger partial charge < -0.3 is 4.74 Å². The van der Waals surface area contributed by atoms with E-state index in [4.69, 9.17) is 0 Å². The van der Waals surface area contributed by atoms with Crippen LogP contribution in [0.4, 0.5) is 22.0 Å². The predicted molar refractivity (Wildman–Crippen MR) is 103 cm³/mol. The lowest BCUT2D eigenvalue weighted by Crippen LogP contribution is -2.13. The number of nitrogens with zero attached hydrogens (tertiary/aromatic N) is 1. The van der Waals surface area contributed by atoms with Crippen molar-refractivity contribution in [3.05, 3.63) is 94.8 Å². The summed E-state index contributed by atoms with van der Waals surface area (Å²) in [6, 6.07) is 11.2. The average molecular weight is 419 g/mol. The van der Waals surface area contributed by atoms with Crippen molar-refractivity contribution in [1.82, 2.24) is 0 Å². The van der Waals surface area contributed by atoms with Crippen LogP contribution in [0, 0.1) is 11.6 Å². The molecule has 1 aliphatic carbocycles. The first-order valence-electron chi connectivity index (χ1n) is 9.55. The van der Waals surface area contributed by atoms with Gasteiger partial charge in [-0.05, 0) is 54.7 Å². The second-order valence-electron chi connectivity index (χ2n) is 7.25. The van der Waals surface area contributed by atoms with Gasteiger partial charge in [-0.3, -0.25) is 4.99 Å². The van der Waals surface area contributed by atoms with Gasteiger partial charge in [-0.15, -0.1) is 13.2 Å². The zero-order chi connectivity index (χ0) is 21.3. The van der Waals surface area contributed by atoms with Crippen LogP contribution in [0.5, 0.6) is 0 Å². The smallest absolute Gasteiger partial charge is 0.406 e. The van der Waals surface area contributed by atoms with E-state index >= 15 is 0 Å². The highest BCUT2D eigenvalue weighted by atomic mass is 19.4. The molecule has 4 rings (SSSR count). The third-order valence-corrected chi connectivity index (χ3v) is 5.27. The molecule has 2 aromatic carbocycles. The molecule has 0 spiro atoms. The Hall–Kier alpha value is -2.96. The maximum absolute atomic E-state index is 14.0. The second kappa shape index (κ2) is 8.05. The molecule has 0 fully saturated rings. The molecular formula is C23H18F5NO. The van der Waals surface area contributed by atoms with E-state index in [2.05, 4.69) is 9.73 Å². The Bertz CT molecular complexity index is 1000. The summed E-state index contributed by atoms with van der Waals surface area (Å²) in [6.07, 6.45) is 1.28. The van der Waals surface area contributed by atoms with Crippen molar-refractivity contribution in [3.63, 3.8) is 0 Å². The van der Waals surface area contributed by atoms with Crippen molar-refractivity contribution in [3.8, 4) is 0 Å². The van der Waals surface area contributed by atoms with Crippen LogP contribution in [0.15, 0.2) is 71.4 Å². The average Bonchev–Trinajstić information content (AvgIpc) is 3.17. The van der Waals surface area contributed by atoms with Crippen molar-refractivity contribution in [2.75, 3.05) is 0 Å². The molecule has 0 saturated carbocycles. The molecule has 1 unspecified atom stereocenters. The third kappa shape index (κ3) is 4.45. The fourth-order valence-electron chi connectivity index (χ4n) is 3.82. The lowest BCUT2D eigenvalue weighted by molar-refractivity contribution is -0.303. The van der Waals surface area contributed by atoms with Crippen LogP contribution in [0.3, 0.4) is 0 Å². The van der Waals surface area contributed by atoms with Crippen molar-refractivity contribution < 1.29 is 26.7 Å². The molecule has 2 aromatic rings. The van der Waals surface area contributed by atoms with Crippen LogP contribution in [0.25, 0.3) is 0 Å². The van der Waals surface area contributed by atoms with E-state index in [1.807, 2.05) is 24.3 Å². The van der Waals surface area contributed by atoms with Gasteiger partial charge in [0.25, 0.3) is 0 Å². The van der Waals surface area contributed by atoms with E-state index in [-0.39, 0.29) is 23.3 Å². The third-order valence-electron chi connectivity index (χ3n) is 5.27. The molecule has 2 atom stereocenters. The highest BCUT2D eigenvalue weighted by molar-refractivity contribution is 6.02. The number of allylic oxidation sites excluding steroid dienone is 3. The highest BCUT2D eigenvalue weighted by Crippen LogP contribution is 2.34. The Morgan fingerprint density at radius 3 is 2.20 bits per heavy atom. The number of hydrogen-bond acceptors (Lipinski definition) is 2. The molecule has 0 aromatic heterocycles. The monoisotopic (exact) mass is 419 g/mol. The molecule has 2 nitrogen and oxygen atoms in total. The van der Waals surface area contributed by atoms with E-state index in [0.29, 0.717) is 25.0 Å². The van der Waals surface area contributed by atoms with Gasteiger partial charge in [-0.2, -0.15) is 0 Å². The number of halogens is 5. The van der Waals surface area contributed by atoms with Gasteiger partial charge in [0.2, 0.25) is 0 Å². The van der Waals surface area contributed by atoms with E-state index in [9.17, 15) is 22.0 Å². The highest BCUT2D eigenvalue weighted by Gasteiger charge is 2.32. The van der Waals surface area contributed by atoms with Crippen LogP contribution in [-0.4, -0.2) is 12.1 Å². The molecule has 1 heterocycles. The summed E-state index contributed by atoms with van der Waals surface area (Å²) >= 11 is 0. The zero-order valence-electron chi connectivity index (χ0n) is 15.8. The minimum Gasteiger partial charge on any atom is -0.406 e. The summed E-state index contributed by atoms with van der Waals surface area (Å²) in [5.74, 6) is -1.48.